The van der Waals surface area contributed by atoms with E-state index in [9.17, 15) is 9.18 Å². The number of aryl methyl sites for hydroxylation is 1. The van der Waals surface area contributed by atoms with Crippen molar-refractivity contribution in [1.29, 1.82) is 0 Å². The predicted octanol–water partition coefficient (Wildman–Crippen LogP) is 3.65. The Kier molecular flexibility index (Phi) is 5.68. The number of halogens is 2. The first kappa shape index (κ1) is 17.2. The van der Waals surface area contributed by atoms with E-state index in [1.54, 1.807) is 23.5 Å². The summed E-state index contributed by atoms with van der Waals surface area (Å²) >= 11 is 7.38. The van der Waals surface area contributed by atoms with Gasteiger partial charge in [0.1, 0.15) is 5.82 Å². The van der Waals surface area contributed by atoms with E-state index >= 15 is 0 Å². The molecule has 1 aliphatic rings. The number of carbonyl (C=O) groups excluding carboxylic acids is 1. The number of hydrogen-bond donors (Lipinski definition) is 1. The molecule has 0 bridgehead atoms. The number of carbonyl (C=O) groups is 1. The van der Waals surface area contributed by atoms with Gasteiger partial charge in [0.2, 0.25) is 5.91 Å². The van der Waals surface area contributed by atoms with E-state index in [0.717, 1.165) is 30.1 Å². The number of aromatic nitrogens is 1. The van der Waals surface area contributed by atoms with Crippen molar-refractivity contribution in [2.75, 3.05) is 18.0 Å². The molecule has 128 valence electrons. The van der Waals surface area contributed by atoms with Gasteiger partial charge in [-0.15, -0.1) is 11.3 Å². The summed E-state index contributed by atoms with van der Waals surface area (Å²) in [6.07, 6.45) is 4.90. The SMILES string of the molecule is O=C(CCc1ccc(F)c(Cl)c1)NCC1CCCN1c1nccs1. The summed E-state index contributed by atoms with van der Waals surface area (Å²) in [7, 11) is 0. The molecule has 1 saturated heterocycles. The molecule has 1 atom stereocenters. The van der Waals surface area contributed by atoms with Crippen molar-refractivity contribution in [3.8, 4) is 0 Å². The highest BCUT2D eigenvalue weighted by molar-refractivity contribution is 7.13. The van der Waals surface area contributed by atoms with Crippen molar-refractivity contribution in [3.05, 3.63) is 46.2 Å². The van der Waals surface area contributed by atoms with Crippen molar-refractivity contribution in [2.24, 2.45) is 0 Å². The molecule has 2 heterocycles. The zero-order valence-electron chi connectivity index (χ0n) is 13.2. The molecule has 24 heavy (non-hydrogen) atoms. The Morgan fingerprint density at radius 1 is 1.50 bits per heavy atom. The van der Waals surface area contributed by atoms with E-state index < -0.39 is 5.82 Å². The van der Waals surface area contributed by atoms with Crippen LogP contribution in [0, 0.1) is 5.82 Å². The molecule has 3 rings (SSSR count). The quantitative estimate of drug-likeness (QED) is 0.847. The monoisotopic (exact) mass is 367 g/mol. The molecule has 0 radical (unpaired) electrons. The maximum Gasteiger partial charge on any atom is 0.220 e. The summed E-state index contributed by atoms with van der Waals surface area (Å²) in [6, 6.07) is 4.88. The van der Waals surface area contributed by atoms with Crippen LogP contribution in [0.3, 0.4) is 0 Å². The number of rotatable bonds is 6. The number of amides is 1. The number of benzene rings is 1. The standard InChI is InChI=1S/C17H19ClFN3OS/c18-14-10-12(3-5-15(14)19)4-6-16(23)21-11-13-2-1-8-22(13)17-20-7-9-24-17/h3,5,7,9-10,13H,1-2,4,6,8,11H2,(H,21,23). The third-order valence-electron chi connectivity index (χ3n) is 4.20. The molecule has 1 N–H and O–H groups in total. The van der Waals surface area contributed by atoms with Crippen molar-refractivity contribution >= 4 is 34.0 Å². The molecule has 1 fully saturated rings. The molecule has 1 aliphatic heterocycles. The van der Waals surface area contributed by atoms with Crippen LogP contribution in [0.5, 0.6) is 0 Å². The highest BCUT2D eigenvalue weighted by atomic mass is 35.5. The van der Waals surface area contributed by atoms with E-state index in [2.05, 4.69) is 15.2 Å². The lowest BCUT2D eigenvalue weighted by molar-refractivity contribution is -0.121. The molecule has 7 heteroatoms. The minimum absolute atomic E-state index is 0.00133. The van der Waals surface area contributed by atoms with Gasteiger partial charge < -0.3 is 10.2 Å². The molecular weight excluding hydrogens is 349 g/mol. The second kappa shape index (κ2) is 7.94. The van der Waals surface area contributed by atoms with Gasteiger partial charge >= 0.3 is 0 Å². The Hall–Kier alpha value is -1.66. The van der Waals surface area contributed by atoms with E-state index in [4.69, 9.17) is 11.6 Å². The summed E-state index contributed by atoms with van der Waals surface area (Å²) in [5.74, 6) is -0.435. The Morgan fingerprint density at radius 3 is 3.12 bits per heavy atom. The zero-order valence-corrected chi connectivity index (χ0v) is 14.7. The molecule has 1 amide bonds. The number of thiazole rings is 1. The van der Waals surface area contributed by atoms with Crippen molar-refractivity contribution in [1.82, 2.24) is 10.3 Å². The molecular formula is C17H19ClFN3OS. The number of hydrogen-bond acceptors (Lipinski definition) is 4. The van der Waals surface area contributed by atoms with Gasteiger partial charge in [-0.3, -0.25) is 4.79 Å². The third-order valence-corrected chi connectivity index (χ3v) is 5.30. The average Bonchev–Trinajstić information content (AvgIpc) is 3.24. The van der Waals surface area contributed by atoms with Crippen LogP contribution in [-0.4, -0.2) is 30.0 Å². The minimum Gasteiger partial charge on any atom is -0.354 e. The maximum absolute atomic E-state index is 13.1. The second-order valence-corrected chi connectivity index (χ2v) is 7.14. The Labute approximate surface area is 149 Å². The van der Waals surface area contributed by atoms with Gasteiger partial charge in [0.25, 0.3) is 0 Å². The molecule has 1 aromatic heterocycles. The van der Waals surface area contributed by atoms with Gasteiger partial charge in [0.15, 0.2) is 5.13 Å². The number of anilines is 1. The topological polar surface area (TPSA) is 45.2 Å². The summed E-state index contributed by atoms with van der Waals surface area (Å²) in [5, 5.41) is 6.09. The van der Waals surface area contributed by atoms with Gasteiger partial charge in [0.05, 0.1) is 5.02 Å². The smallest absolute Gasteiger partial charge is 0.220 e. The van der Waals surface area contributed by atoms with Crippen LogP contribution in [0.15, 0.2) is 29.8 Å². The minimum atomic E-state index is -0.437. The summed E-state index contributed by atoms with van der Waals surface area (Å²) in [6.45, 7) is 1.62. The molecule has 1 aromatic carbocycles. The van der Waals surface area contributed by atoms with E-state index in [-0.39, 0.29) is 10.9 Å². The summed E-state index contributed by atoms with van der Waals surface area (Å²) in [5.41, 5.74) is 0.863. The van der Waals surface area contributed by atoms with Crippen LogP contribution in [0.4, 0.5) is 9.52 Å². The lowest BCUT2D eigenvalue weighted by Crippen LogP contribution is -2.40. The lowest BCUT2D eigenvalue weighted by atomic mass is 10.1. The van der Waals surface area contributed by atoms with E-state index in [1.165, 1.54) is 6.07 Å². The van der Waals surface area contributed by atoms with Crippen molar-refractivity contribution < 1.29 is 9.18 Å². The first-order valence-corrected chi connectivity index (χ1v) is 9.26. The maximum atomic E-state index is 13.1. The average molecular weight is 368 g/mol. The first-order valence-electron chi connectivity index (χ1n) is 8.00. The van der Waals surface area contributed by atoms with Gasteiger partial charge in [-0.2, -0.15) is 0 Å². The van der Waals surface area contributed by atoms with Gasteiger partial charge in [-0.1, -0.05) is 17.7 Å². The Balaban J connectivity index is 1.46. The second-order valence-electron chi connectivity index (χ2n) is 5.86. The fourth-order valence-electron chi connectivity index (χ4n) is 2.93. The van der Waals surface area contributed by atoms with E-state index in [0.29, 0.717) is 25.4 Å². The van der Waals surface area contributed by atoms with Crippen LogP contribution in [-0.2, 0) is 11.2 Å². The number of nitrogens with one attached hydrogen (secondary N) is 1. The van der Waals surface area contributed by atoms with Crippen molar-refractivity contribution in [3.63, 3.8) is 0 Å². The predicted molar refractivity (Wildman–Crippen MR) is 95.2 cm³/mol. The van der Waals surface area contributed by atoms with Crippen LogP contribution >= 0.6 is 22.9 Å². The fourth-order valence-corrected chi connectivity index (χ4v) is 3.87. The summed E-state index contributed by atoms with van der Waals surface area (Å²) < 4.78 is 13.1. The Bertz CT molecular complexity index is 695. The van der Waals surface area contributed by atoms with Crippen LogP contribution in [0.25, 0.3) is 0 Å². The van der Waals surface area contributed by atoms with Crippen LogP contribution in [0.1, 0.15) is 24.8 Å². The molecule has 0 aliphatic carbocycles. The third kappa shape index (κ3) is 4.24. The molecule has 0 spiro atoms. The number of nitrogens with zero attached hydrogens (tertiary/aromatic N) is 2. The first-order chi connectivity index (χ1) is 11.6. The van der Waals surface area contributed by atoms with Gasteiger partial charge in [-0.25, -0.2) is 9.37 Å². The normalized spacial score (nSPS) is 17.2. The fraction of sp³-hybridized carbons (Fsp3) is 0.412. The van der Waals surface area contributed by atoms with E-state index in [1.807, 2.05) is 11.6 Å². The highest BCUT2D eigenvalue weighted by Crippen LogP contribution is 2.26. The van der Waals surface area contributed by atoms with Crippen molar-refractivity contribution in [2.45, 2.75) is 31.7 Å². The Morgan fingerprint density at radius 2 is 2.38 bits per heavy atom. The molecule has 2 aromatic rings. The molecule has 0 saturated carbocycles. The van der Waals surface area contributed by atoms with Crippen LogP contribution in [0.2, 0.25) is 5.02 Å². The zero-order chi connectivity index (χ0) is 16.9. The van der Waals surface area contributed by atoms with Gasteiger partial charge in [0, 0.05) is 37.1 Å². The van der Waals surface area contributed by atoms with Gasteiger partial charge in [-0.05, 0) is 37.0 Å². The molecule has 1 unspecified atom stereocenters. The van der Waals surface area contributed by atoms with Crippen LogP contribution < -0.4 is 10.2 Å². The lowest BCUT2D eigenvalue weighted by Gasteiger charge is -2.24. The summed E-state index contributed by atoms with van der Waals surface area (Å²) in [4.78, 5) is 18.7. The molecule has 4 nitrogen and oxygen atoms in total. The highest BCUT2D eigenvalue weighted by Gasteiger charge is 2.26. The largest absolute Gasteiger partial charge is 0.354 e.